The number of aryl methyl sites for hydroxylation is 1. The summed E-state index contributed by atoms with van der Waals surface area (Å²) >= 11 is 0. The third-order valence-corrected chi connectivity index (χ3v) is 4.81. The molecular formula is C22H22N2O5. The zero-order chi connectivity index (χ0) is 21.0. The Hall–Kier alpha value is -3.48. The highest BCUT2D eigenvalue weighted by Gasteiger charge is 2.30. The van der Waals surface area contributed by atoms with E-state index in [-0.39, 0.29) is 36.1 Å². The highest BCUT2D eigenvalue weighted by Crippen LogP contribution is 2.23. The predicted octanol–water partition coefficient (Wildman–Crippen LogP) is 2.46. The molecule has 2 aromatic carbocycles. The Kier molecular flexibility index (Phi) is 6.07. The average molecular weight is 394 g/mol. The van der Waals surface area contributed by atoms with Crippen molar-refractivity contribution in [3.63, 3.8) is 0 Å². The lowest BCUT2D eigenvalue weighted by atomic mass is 10.1. The Morgan fingerprint density at radius 2 is 1.72 bits per heavy atom. The second kappa shape index (κ2) is 8.68. The Morgan fingerprint density at radius 1 is 1.03 bits per heavy atom. The summed E-state index contributed by atoms with van der Waals surface area (Å²) in [6, 6.07) is 13.8. The maximum atomic E-state index is 12.3. The Bertz CT molecular complexity index is 953. The lowest BCUT2D eigenvalue weighted by molar-refractivity contribution is -0.133. The molecule has 29 heavy (non-hydrogen) atoms. The molecule has 0 aromatic heterocycles. The molecule has 0 N–H and O–H groups in total. The topological polar surface area (TPSA) is 84.0 Å². The molecule has 0 aliphatic carbocycles. The molecule has 0 radical (unpaired) electrons. The quantitative estimate of drug-likeness (QED) is 0.555. The summed E-state index contributed by atoms with van der Waals surface area (Å²) in [5.41, 5.74) is 2.59. The average Bonchev–Trinajstić information content (AvgIpc) is 3.05. The van der Waals surface area contributed by atoms with Gasteiger partial charge in [0.2, 0.25) is 11.8 Å². The second-order valence-electron chi connectivity index (χ2n) is 6.93. The van der Waals surface area contributed by atoms with Crippen molar-refractivity contribution < 1.29 is 23.9 Å². The molecule has 1 heterocycles. The maximum absolute atomic E-state index is 12.3. The molecule has 1 aliphatic heterocycles. The first kappa shape index (κ1) is 20.3. The lowest BCUT2D eigenvalue weighted by Gasteiger charge is -2.18. The molecular weight excluding hydrogens is 372 g/mol. The number of carbonyl (C=O) groups is 4. The molecule has 0 atom stereocenters. The molecule has 1 saturated heterocycles. The van der Waals surface area contributed by atoms with Crippen LogP contribution in [0, 0.1) is 6.92 Å². The molecule has 3 amide bonds. The van der Waals surface area contributed by atoms with E-state index in [4.69, 9.17) is 4.74 Å². The van der Waals surface area contributed by atoms with Crippen molar-refractivity contribution in [2.45, 2.75) is 26.3 Å². The lowest BCUT2D eigenvalue weighted by Crippen LogP contribution is -2.31. The minimum atomic E-state index is -0.691. The predicted molar refractivity (Wildman–Crippen MR) is 106 cm³/mol. The SMILES string of the molecule is Cc1ccccc1CN(C)C(=O)COC(=O)c1cccc(N2C(=O)CCC2=O)c1. The van der Waals surface area contributed by atoms with Crippen molar-refractivity contribution in [2.24, 2.45) is 0 Å². The van der Waals surface area contributed by atoms with Crippen LogP contribution >= 0.6 is 0 Å². The van der Waals surface area contributed by atoms with Gasteiger partial charge in [0.05, 0.1) is 11.3 Å². The summed E-state index contributed by atoms with van der Waals surface area (Å²) in [5.74, 6) is -1.62. The van der Waals surface area contributed by atoms with Crippen LogP contribution in [-0.4, -0.2) is 42.2 Å². The largest absolute Gasteiger partial charge is 0.452 e. The van der Waals surface area contributed by atoms with Gasteiger partial charge in [-0.3, -0.25) is 19.3 Å². The normalized spacial score (nSPS) is 13.5. The van der Waals surface area contributed by atoms with Crippen LogP contribution in [0.15, 0.2) is 48.5 Å². The number of anilines is 1. The molecule has 0 saturated carbocycles. The molecule has 0 unspecified atom stereocenters. The summed E-state index contributed by atoms with van der Waals surface area (Å²) in [5, 5.41) is 0. The van der Waals surface area contributed by atoms with E-state index in [2.05, 4.69) is 0 Å². The Morgan fingerprint density at radius 3 is 2.41 bits per heavy atom. The van der Waals surface area contributed by atoms with Crippen LogP contribution < -0.4 is 4.90 Å². The third-order valence-electron chi connectivity index (χ3n) is 4.81. The van der Waals surface area contributed by atoms with Gasteiger partial charge in [-0.2, -0.15) is 0 Å². The number of ether oxygens (including phenoxy) is 1. The van der Waals surface area contributed by atoms with Gasteiger partial charge < -0.3 is 9.64 Å². The number of nitrogens with zero attached hydrogens (tertiary/aromatic N) is 2. The summed E-state index contributed by atoms with van der Waals surface area (Å²) in [6.07, 6.45) is 0.324. The summed E-state index contributed by atoms with van der Waals surface area (Å²) in [7, 11) is 1.65. The first-order chi connectivity index (χ1) is 13.9. The van der Waals surface area contributed by atoms with Crippen molar-refractivity contribution in [1.29, 1.82) is 0 Å². The summed E-state index contributed by atoms with van der Waals surface area (Å²) in [6.45, 7) is 1.99. The van der Waals surface area contributed by atoms with E-state index in [9.17, 15) is 19.2 Å². The minimum absolute atomic E-state index is 0.162. The van der Waals surface area contributed by atoms with E-state index in [1.807, 2.05) is 31.2 Å². The zero-order valence-electron chi connectivity index (χ0n) is 16.4. The molecule has 1 aliphatic rings. The zero-order valence-corrected chi connectivity index (χ0v) is 16.4. The summed E-state index contributed by atoms with van der Waals surface area (Å²) in [4.78, 5) is 50.9. The number of esters is 1. The highest BCUT2D eigenvalue weighted by molar-refractivity contribution is 6.20. The first-order valence-electron chi connectivity index (χ1n) is 9.28. The number of amides is 3. The first-order valence-corrected chi connectivity index (χ1v) is 9.28. The van der Waals surface area contributed by atoms with Crippen molar-refractivity contribution in [2.75, 3.05) is 18.6 Å². The smallest absolute Gasteiger partial charge is 0.338 e. The van der Waals surface area contributed by atoms with Crippen LogP contribution in [0.2, 0.25) is 0 Å². The fourth-order valence-corrected chi connectivity index (χ4v) is 3.09. The van der Waals surface area contributed by atoms with Gasteiger partial charge in [-0.05, 0) is 36.2 Å². The van der Waals surface area contributed by atoms with E-state index < -0.39 is 12.6 Å². The number of imide groups is 1. The van der Waals surface area contributed by atoms with Crippen molar-refractivity contribution in [3.05, 3.63) is 65.2 Å². The fourth-order valence-electron chi connectivity index (χ4n) is 3.09. The number of hydrogen-bond donors (Lipinski definition) is 0. The van der Waals surface area contributed by atoms with E-state index in [1.54, 1.807) is 19.2 Å². The summed E-state index contributed by atoms with van der Waals surface area (Å²) < 4.78 is 5.13. The van der Waals surface area contributed by atoms with E-state index in [0.29, 0.717) is 12.2 Å². The molecule has 0 spiro atoms. The minimum Gasteiger partial charge on any atom is -0.452 e. The van der Waals surface area contributed by atoms with Gasteiger partial charge in [0.25, 0.3) is 5.91 Å². The number of rotatable bonds is 6. The van der Waals surface area contributed by atoms with E-state index in [1.165, 1.54) is 17.0 Å². The van der Waals surface area contributed by atoms with Crippen molar-refractivity contribution in [3.8, 4) is 0 Å². The van der Waals surface area contributed by atoms with Crippen molar-refractivity contribution in [1.82, 2.24) is 4.90 Å². The van der Waals surface area contributed by atoms with Gasteiger partial charge in [-0.15, -0.1) is 0 Å². The maximum Gasteiger partial charge on any atom is 0.338 e. The molecule has 7 heteroatoms. The highest BCUT2D eigenvalue weighted by atomic mass is 16.5. The molecule has 150 valence electrons. The number of carbonyl (C=O) groups excluding carboxylic acids is 4. The van der Waals surface area contributed by atoms with Crippen LogP contribution in [0.5, 0.6) is 0 Å². The number of benzene rings is 2. The third kappa shape index (κ3) is 4.68. The van der Waals surface area contributed by atoms with Crippen LogP contribution in [0.25, 0.3) is 0 Å². The van der Waals surface area contributed by atoms with Gasteiger partial charge >= 0.3 is 5.97 Å². The van der Waals surface area contributed by atoms with Gasteiger partial charge in [-0.25, -0.2) is 4.79 Å². The molecule has 2 aromatic rings. The van der Waals surface area contributed by atoms with Crippen molar-refractivity contribution >= 4 is 29.4 Å². The van der Waals surface area contributed by atoms with E-state index in [0.717, 1.165) is 16.0 Å². The fraction of sp³-hybridized carbons (Fsp3) is 0.273. The number of hydrogen-bond acceptors (Lipinski definition) is 5. The van der Waals surface area contributed by atoms with Crippen LogP contribution in [0.1, 0.15) is 34.3 Å². The van der Waals surface area contributed by atoms with Gasteiger partial charge in [-0.1, -0.05) is 30.3 Å². The van der Waals surface area contributed by atoms with Gasteiger partial charge in [0, 0.05) is 26.4 Å². The molecule has 0 bridgehead atoms. The molecule has 7 nitrogen and oxygen atoms in total. The van der Waals surface area contributed by atoms with Gasteiger partial charge in [0.15, 0.2) is 6.61 Å². The van der Waals surface area contributed by atoms with Crippen LogP contribution in [0.4, 0.5) is 5.69 Å². The monoisotopic (exact) mass is 394 g/mol. The standard InChI is InChI=1S/C22H22N2O5/c1-15-6-3-4-7-17(15)13-23(2)21(27)14-29-22(28)16-8-5-9-18(12-16)24-19(25)10-11-20(24)26/h3-9,12H,10-11,13-14H2,1-2H3. The van der Waals surface area contributed by atoms with Gasteiger partial charge in [0.1, 0.15) is 0 Å². The number of likely N-dealkylation sites (N-methyl/N-ethyl adjacent to an activating group) is 1. The molecule has 1 fully saturated rings. The molecule has 3 rings (SSSR count). The Labute approximate surface area is 168 Å². The van der Waals surface area contributed by atoms with E-state index >= 15 is 0 Å². The Balaban J connectivity index is 1.60. The van der Waals surface area contributed by atoms with Crippen LogP contribution in [0.3, 0.4) is 0 Å². The second-order valence-corrected chi connectivity index (χ2v) is 6.93. The van der Waals surface area contributed by atoms with Crippen LogP contribution in [-0.2, 0) is 25.7 Å².